The van der Waals surface area contributed by atoms with Crippen LogP contribution >= 0.6 is 0 Å². The Morgan fingerprint density at radius 3 is 2.29 bits per heavy atom. The van der Waals surface area contributed by atoms with Gasteiger partial charge in [0.05, 0.1) is 0 Å². The molecule has 0 heterocycles. The predicted octanol–water partition coefficient (Wildman–Crippen LogP) is 4.27. The van der Waals surface area contributed by atoms with Crippen LogP contribution in [0.2, 0.25) is 0 Å². The number of hydrogen-bond acceptors (Lipinski definition) is 1. The van der Waals surface area contributed by atoms with E-state index in [4.69, 9.17) is 0 Å². The van der Waals surface area contributed by atoms with Crippen LogP contribution in [0.1, 0.15) is 65.2 Å². The van der Waals surface area contributed by atoms with Gasteiger partial charge in [-0.3, -0.25) is 4.79 Å². The second-order valence-corrected chi connectivity index (χ2v) is 3.78. The first kappa shape index (κ1) is 13.4. The van der Waals surface area contributed by atoms with Gasteiger partial charge in [0, 0.05) is 6.42 Å². The zero-order valence-corrected chi connectivity index (χ0v) is 9.72. The van der Waals surface area contributed by atoms with Gasteiger partial charge < -0.3 is 0 Å². The molecule has 0 fully saturated rings. The van der Waals surface area contributed by atoms with E-state index in [1.54, 1.807) is 6.08 Å². The molecule has 0 unspecified atom stereocenters. The van der Waals surface area contributed by atoms with E-state index in [1.165, 1.54) is 38.5 Å². The second-order valence-electron chi connectivity index (χ2n) is 3.78. The summed E-state index contributed by atoms with van der Waals surface area (Å²) in [6.07, 6.45) is 13.4. The molecule has 14 heavy (non-hydrogen) atoms. The molecule has 0 radical (unpaired) electrons. The molecule has 0 N–H and O–H groups in total. The van der Waals surface area contributed by atoms with Gasteiger partial charge in [0.1, 0.15) is 0 Å². The lowest BCUT2D eigenvalue weighted by atomic mass is 10.1. The van der Waals surface area contributed by atoms with Crippen LogP contribution in [0.15, 0.2) is 12.2 Å². The Labute approximate surface area is 88.6 Å². The van der Waals surface area contributed by atoms with Gasteiger partial charge >= 0.3 is 0 Å². The summed E-state index contributed by atoms with van der Waals surface area (Å²) >= 11 is 0. The van der Waals surface area contributed by atoms with Crippen molar-refractivity contribution in [3.8, 4) is 0 Å². The van der Waals surface area contributed by atoms with E-state index >= 15 is 0 Å². The third-order valence-corrected chi connectivity index (χ3v) is 2.38. The topological polar surface area (TPSA) is 17.1 Å². The molecule has 0 aromatic rings. The fraction of sp³-hybridized carbons (Fsp3) is 0.769. The molecule has 0 aromatic heterocycles. The minimum Gasteiger partial charge on any atom is -0.295 e. The van der Waals surface area contributed by atoms with Crippen molar-refractivity contribution < 1.29 is 4.79 Å². The van der Waals surface area contributed by atoms with Crippen molar-refractivity contribution in [2.45, 2.75) is 65.2 Å². The van der Waals surface area contributed by atoms with Crippen molar-refractivity contribution in [1.29, 1.82) is 0 Å². The van der Waals surface area contributed by atoms with Crippen molar-refractivity contribution in [1.82, 2.24) is 0 Å². The number of unbranched alkanes of at least 4 members (excludes halogenated alkanes) is 6. The number of ketones is 1. The Balaban J connectivity index is 3.13. The minimum atomic E-state index is 0.246. The molecule has 1 nitrogen and oxygen atoms in total. The predicted molar refractivity (Wildman–Crippen MR) is 62.4 cm³/mol. The van der Waals surface area contributed by atoms with E-state index in [0.717, 1.165) is 6.42 Å². The number of hydrogen-bond donors (Lipinski definition) is 0. The molecule has 0 amide bonds. The summed E-state index contributed by atoms with van der Waals surface area (Å²) in [5.41, 5.74) is 0. The molecule has 0 bridgehead atoms. The Bertz CT molecular complexity index is 159. The number of rotatable bonds is 9. The van der Waals surface area contributed by atoms with Gasteiger partial charge in [0.25, 0.3) is 0 Å². The van der Waals surface area contributed by atoms with Crippen molar-refractivity contribution in [2.24, 2.45) is 0 Å². The van der Waals surface area contributed by atoms with E-state index in [2.05, 4.69) is 6.92 Å². The fourth-order valence-electron chi connectivity index (χ4n) is 1.38. The molecule has 0 saturated heterocycles. The monoisotopic (exact) mass is 196 g/mol. The first-order chi connectivity index (χ1) is 6.81. The Morgan fingerprint density at radius 2 is 1.64 bits per heavy atom. The fourth-order valence-corrected chi connectivity index (χ4v) is 1.38. The van der Waals surface area contributed by atoms with Crippen LogP contribution in [0.4, 0.5) is 0 Å². The largest absolute Gasteiger partial charge is 0.295 e. The maximum atomic E-state index is 10.9. The van der Waals surface area contributed by atoms with Crippen molar-refractivity contribution in [2.75, 3.05) is 0 Å². The van der Waals surface area contributed by atoms with Gasteiger partial charge in [-0.05, 0) is 18.9 Å². The van der Waals surface area contributed by atoms with Gasteiger partial charge in [0.2, 0.25) is 0 Å². The summed E-state index contributed by atoms with van der Waals surface area (Å²) in [7, 11) is 0. The lowest BCUT2D eigenvalue weighted by molar-refractivity contribution is -0.114. The van der Waals surface area contributed by atoms with Crippen molar-refractivity contribution in [3.63, 3.8) is 0 Å². The normalized spacial score (nSPS) is 11.0. The second kappa shape index (κ2) is 10.5. The van der Waals surface area contributed by atoms with Crippen LogP contribution in [0.25, 0.3) is 0 Å². The SMILES string of the molecule is CCCCCCCC/C=C\C(=O)CC. The standard InChI is InChI=1S/C13H24O/c1-3-5-6-7-8-9-10-11-12-13(14)4-2/h11-12H,3-10H2,1-2H3/b12-11-. The summed E-state index contributed by atoms with van der Waals surface area (Å²) in [5, 5.41) is 0. The van der Waals surface area contributed by atoms with E-state index in [9.17, 15) is 4.79 Å². The van der Waals surface area contributed by atoms with Gasteiger partial charge in [-0.1, -0.05) is 52.0 Å². The molecule has 0 aliphatic heterocycles. The lowest BCUT2D eigenvalue weighted by Gasteiger charge is -1.97. The van der Waals surface area contributed by atoms with Crippen LogP contribution in [0.5, 0.6) is 0 Å². The quantitative estimate of drug-likeness (QED) is 0.397. The number of allylic oxidation sites excluding steroid dienone is 2. The molecule has 0 rings (SSSR count). The molecular weight excluding hydrogens is 172 g/mol. The first-order valence-corrected chi connectivity index (χ1v) is 6.00. The third-order valence-electron chi connectivity index (χ3n) is 2.38. The highest BCUT2D eigenvalue weighted by molar-refractivity contribution is 5.89. The highest BCUT2D eigenvalue weighted by atomic mass is 16.1. The molecule has 82 valence electrons. The maximum absolute atomic E-state index is 10.9. The van der Waals surface area contributed by atoms with E-state index in [-0.39, 0.29) is 5.78 Å². The number of carbonyl (C=O) groups excluding carboxylic acids is 1. The van der Waals surface area contributed by atoms with Crippen molar-refractivity contribution >= 4 is 5.78 Å². The Morgan fingerprint density at radius 1 is 1.00 bits per heavy atom. The summed E-state index contributed by atoms with van der Waals surface area (Å²) in [6, 6.07) is 0. The highest BCUT2D eigenvalue weighted by Crippen LogP contribution is 2.07. The molecular formula is C13H24O. The Kier molecular flexibility index (Phi) is 10.0. The highest BCUT2D eigenvalue weighted by Gasteiger charge is 1.90. The molecule has 0 aliphatic carbocycles. The summed E-state index contributed by atoms with van der Waals surface area (Å²) < 4.78 is 0. The van der Waals surface area contributed by atoms with E-state index in [1.807, 2.05) is 13.0 Å². The van der Waals surface area contributed by atoms with Gasteiger partial charge in [0.15, 0.2) is 5.78 Å². The summed E-state index contributed by atoms with van der Waals surface area (Å²) in [6.45, 7) is 4.14. The zero-order chi connectivity index (χ0) is 10.6. The summed E-state index contributed by atoms with van der Waals surface area (Å²) in [5.74, 6) is 0.246. The average Bonchev–Trinajstić information content (AvgIpc) is 2.21. The molecule has 0 aromatic carbocycles. The first-order valence-electron chi connectivity index (χ1n) is 6.00. The number of carbonyl (C=O) groups is 1. The van der Waals surface area contributed by atoms with E-state index in [0.29, 0.717) is 6.42 Å². The molecule has 0 aliphatic rings. The van der Waals surface area contributed by atoms with E-state index < -0.39 is 0 Å². The molecule has 1 heteroatoms. The van der Waals surface area contributed by atoms with Crippen LogP contribution in [-0.4, -0.2) is 5.78 Å². The molecule has 0 atom stereocenters. The van der Waals surface area contributed by atoms with Crippen LogP contribution in [0.3, 0.4) is 0 Å². The van der Waals surface area contributed by atoms with Crippen LogP contribution in [-0.2, 0) is 4.79 Å². The molecule has 0 saturated carbocycles. The smallest absolute Gasteiger partial charge is 0.155 e. The van der Waals surface area contributed by atoms with Crippen LogP contribution < -0.4 is 0 Å². The lowest BCUT2D eigenvalue weighted by Crippen LogP contribution is -1.86. The molecule has 0 spiro atoms. The summed E-state index contributed by atoms with van der Waals surface area (Å²) in [4.78, 5) is 10.9. The minimum absolute atomic E-state index is 0.246. The zero-order valence-electron chi connectivity index (χ0n) is 9.72. The van der Waals surface area contributed by atoms with Gasteiger partial charge in [-0.2, -0.15) is 0 Å². The Hall–Kier alpha value is -0.590. The third kappa shape index (κ3) is 9.50. The van der Waals surface area contributed by atoms with Crippen LogP contribution in [0, 0.1) is 0 Å². The van der Waals surface area contributed by atoms with Gasteiger partial charge in [-0.15, -0.1) is 0 Å². The van der Waals surface area contributed by atoms with Crippen molar-refractivity contribution in [3.05, 3.63) is 12.2 Å². The van der Waals surface area contributed by atoms with Gasteiger partial charge in [-0.25, -0.2) is 0 Å². The maximum Gasteiger partial charge on any atom is 0.155 e. The average molecular weight is 196 g/mol.